The maximum atomic E-state index is 13.9. The molecule has 10 heteroatoms. The van der Waals surface area contributed by atoms with Crippen LogP contribution in [-0.2, 0) is 4.79 Å². The second-order valence-corrected chi connectivity index (χ2v) is 7.33. The van der Waals surface area contributed by atoms with Gasteiger partial charge in [-0.3, -0.25) is 4.79 Å². The average Bonchev–Trinajstić information content (AvgIpc) is 2.67. The van der Waals surface area contributed by atoms with Crippen LogP contribution in [0.4, 0.5) is 27.5 Å². The zero-order valence-corrected chi connectivity index (χ0v) is 18.4. The van der Waals surface area contributed by atoms with Crippen LogP contribution in [0.15, 0.2) is 30.5 Å². The lowest BCUT2D eigenvalue weighted by Gasteiger charge is -2.35. The molecule has 1 saturated carbocycles. The largest absolute Gasteiger partial charge is 0.368 e. The maximum absolute atomic E-state index is 13.9. The van der Waals surface area contributed by atoms with Crippen LogP contribution in [0.5, 0.6) is 0 Å². The van der Waals surface area contributed by atoms with Crippen LogP contribution in [-0.4, -0.2) is 53.0 Å². The Labute approximate surface area is 188 Å². The fraction of sp³-hybridized carbons (Fsp3) is 0.450. The molecule has 2 aliphatic rings. The molecule has 164 valence electrons. The molecule has 1 aromatic carbocycles. The molecule has 0 radical (unpaired) electrons. The SMILES string of the molecule is CC(=O)N1CCN(c2ccc(Nc3ncc(F)c(NC4CCC4)n3)cc2)CC1.Cl.Cl. The molecular weight excluding hydrogens is 430 g/mol. The van der Waals surface area contributed by atoms with Crippen LogP contribution < -0.4 is 15.5 Å². The number of anilines is 4. The molecule has 1 saturated heterocycles. The van der Waals surface area contributed by atoms with E-state index in [1.807, 2.05) is 29.2 Å². The summed E-state index contributed by atoms with van der Waals surface area (Å²) in [6.07, 6.45) is 4.47. The minimum Gasteiger partial charge on any atom is -0.368 e. The molecule has 7 nitrogen and oxygen atoms in total. The highest BCUT2D eigenvalue weighted by molar-refractivity contribution is 5.85. The van der Waals surface area contributed by atoms with Crippen LogP contribution >= 0.6 is 24.8 Å². The fourth-order valence-corrected chi connectivity index (χ4v) is 3.44. The lowest BCUT2D eigenvalue weighted by atomic mass is 9.93. The molecule has 30 heavy (non-hydrogen) atoms. The van der Waals surface area contributed by atoms with Gasteiger partial charge in [-0.25, -0.2) is 9.37 Å². The highest BCUT2D eigenvalue weighted by atomic mass is 35.5. The summed E-state index contributed by atoms with van der Waals surface area (Å²) in [6.45, 7) is 4.75. The van der Waals surface area contributed by atoms with Crippen molar-refractivity contribution in [2.75, 3.05) is 41.7 Å². The number of halogens is 3. The van der Waals surface area contributed by atoms with Crippen LogP contribution in [0.25, 0.3) is 0 Å². The van der Waals surface area contributed by atoms with Gasteiger partial charge >= 0.3 is 0 Å². The molecule has 0 bridgehead atoms. The molecule has 2 fully saturated rings. The lowest BCUT2D eigenvalue weighted by molar-refractivity contribution is -0.129. The first kappa shape index (κ1) is 24.0. The number of nitrogens with zero attached hydrogens (tertiary/aromatic N) is 4. The number of aromatic nitrogens is 2. The van der Waals surface area contributed by atoms with Crippen LogP contribution in [0.3, 0.4) is 0 Å². The minimum atomic E-state index is -0.433. The highest BCUT2D eigenvalue weighted by Gasteiger charge is 2.20. The van der Waals surface area contributed by atoms with Gasteiger partial charge in [0.25, 0.3) is 0 Å². The standard InChI is InChI=1S/C20H25FN6O.2ClH/c1-14(28)26-9-11-27(12-10-26)17-7-5-16(6-8-17)24-20-22-13-18(21)19(25-20)23-15-3-2-4-15;;/h5-8,13,15H,2-4,9-12H2,1H3,(H2,22,23,24,25);2*1H. The third kappa shape index (κ3) is 5.64. The van der Waals surface area contributed by atoms with E-state index in [0.717, 1.165) is 50.4 Å². The molecule has 2 aromatic rings. The Bertz CT molecular complexity index is 842. The molecule has 1 aromatic heterocycles. The molecule has 0 unspecified atom stereocenters. The smallest absolute Gasteiger partial charge is 0.229 e. The molecule has 0 atom stereocenters. The number of benzene rings is 1. The van der Waals surface area contributed by atoms with Crippen molar-refractivity contribution in [3.63, 3.8) is 0 Å². The topological polar surface area (TPSA) is 73.4 Å². The Morgan fingerprint density at radius 1 is 1.10 bits per heavy atom. The van der Waals surface area contributed by atoms with E-state index in [9.17, 15) is 9.18 Å². The van der Waals surface area contributed by atoms with E-state index in [0.29, 0.717) is 12.0 Å². The van der Waals surface area contributed by atoms with Crippen molar-refractivity contribution in [1.29, 1.82) is 0 Å². The monoisotopic (exact) mass is 456 g/mol. The summed E-state index contributed by atoms with van der Waals surface area (Å²) in [7, 11) is 0. The number of rotatable bonds is 5. The van der Waals surface area contributed by atoms with E-state index in [1.165, 1.54) is 12.6 Å². The van der Waals surface area contributed by atoms with E-state index in [4.69, 9.17) is 0 Å². The number of nitrogens with one attached hydrogen (secondary N) is 2. The van der Waals surface area contributed by atoms with Crippen LogP contribution in [0, 0.1) is 5.82 Å². The first-order valence-electron chi connectivity index (χ1n) is 9.75. The van der Waals surface area contributed by atoms with Gasteiger partial charge in [-0.05, 0) is 43.5 Å². The highest BCUT2D eigenvalue weighted by Crippen LogP contribution is 2.25. The van der Waals surface area contributed by atoms with Crippen LogP contribution in [0.2, 0.25) is 0 Å². The van der Waals surface area contributed by atoms with Gasteiger partial charge in [0.15, 0.2) is 11.6 Å². The normalized spacial score (nSPS) is 16.1. The summed E-state index contributed by atoms with van der Waals surface area (Å²) >= 11 is 0. The van der Waals surface area contributed by atoms with Gasteiger partial charge in [0.05, 0.1) is 6.20 Å². The fourth-order valence-electron chi connectivity index (χ4n) is 3.44. The van der Waals surface area contributed by atoms with Crippen molar-refractivity contribution in [3.8, 4) is 0 Å². The molecule has 1 aliphatic heterocycles. The third-order valence-electron chi connectivity index (χ3n) is 5.40. The Morgan fingerprint density at radius 3 is 2.33 bits per heavy atom. The summed E-state index contributed by atoms with van der Waals surface area (Å²) < 4.78 is 13.9. The first-order valence-corrected chi connectivity index (χ1v) is 9.75. The number of hydrogen-bond acceptors (Lipinski definition) is 6. The predicted molar refractivity (Wildman–Crippen MR) is 122 cm³/mol. The molecule has 1 aliphatic carbocycles. The number of piperazine rings is 1. The molecule has 4 rings (SSSR count). The van der Waals surface area contributed by atoms with Crippen molar-refractivity contribution < 1.29 is 9.18 Å². The zero-order chi connectivity index (χ0) is 19.5. The second-order valence-electron chi connectivity index (χ2n) is 7.33. The third-order valence-corrected chi connectivity index (χ3v) is 5.40. The predicted octanol–water partition coefficient (Wildman–Crippen LogP) is 3.84. The molecule has 0 spiro atoms. The summed E-state index contributed by atoms with van der Waals surface area (Å²) in [5.74, 6) is 0.315. The van der Waals surface area contributed by atoms with Crippen molar-refractivity contribution in [3.05, 3.63) is 36.3 Å². The van der Waals surface area contributed by atoms with Crippen molar-refractivity contribution in [1.82, 2.24) is 14.9 Å². The maximum Gasteiger partial charge on any atom is 0.229 e. The number of carbonyl (C=O) groups is 1. The quantitative estimate of drug-likeness (QED) is 0.711. The molecular formula is C20H27Cl2FN6O. The van der Waals surface area contributed by atoms with Crippen molar-refractivity contribution in [2.45, 2.75) is 32.2 Å². The van der Waals surface area contributed by atoms with Gasteiger partial charge in [0.2, 0.25) is 11.9 Å². The average molecular weight is 457 g/mol. The number of hydrogen-bond donors (Lipinski definition) is 2. The minimum absolute atomic E-state index is 0. The Kier molecular flexibility index (Phi) is 8.49. The Morgan fingerprint density at radius 2 is 1.77 bits per heavy atom. The van der Waals surface area contributed by atoms with Gasteiger partial charge in [-0.1, -0.05) is 0 Å². The molecule has 2 N–H and O–H groups in total. The number of carbonyl (C=O) groups excluding carboxylic acids is 1. The van der Waals surface area contributed by atoms with Gasteiger partial charge in [0, 0.05) is 50.5 Å². The number of amides is 1. The van der Waals surface area contributed by atoms with E-state index in [2.05, 4.69) is 25.5 Å². The van der Waals surface area contributed by atoms with Gasteiger partial charge in [0.1, 0.15) is 0 Å². The summed E-state index contributed by atoms with van der Waals surface area (Å²) in [6, 6.07) is 8.28. The zero-order valence-electron chi connectivity index (χ0n) is 16.8. The van der Waals surface area contributed by atoms with Gasteiger partial charge in [-0.2, -0.15) is 4.98 Å². The van der Waals surface area contributed by atoms with Gasteiger partial charge in [-0.15, -0.1) is 24.8 Å². The Hall–Kier alpha value is -2.32. The molecule has 1 amide bonds. The summed E-state index contributed by atoms with van der Waals surface area (Å²) in [5, 5.41) is 6.27. The Balaban J connectivity index is 0.00000160. The summed E-state index contributed by atoms with van der Waals surface area (Å²) in [4.78, 5) is 23.9. The second kappa shape index (κ2) is 10.6. The molecule has 2 heterocycles. The van der Waals surface area contributed by atoms with Gasteiger partial charge < -0.3 is 20.4 Å². The van der Waals surface area contributed by atoms with E-state index in [1.54, 1.807) is 6.92 Å². The van der Waals surface area contributed by atoms with E-state index >= 15 is 0 Å². The van der Waals surface area contributed by atoms with E-state index in [-0.39, 0.29) is 36.5 Å². The first-order chi connectivity index (χ1) is 13.6. The van der Waals surface area contributed by atoms with E-state index < -0.39 is 5.82 Å². The van der Waals surface area contributed by atoms with Crippen molar-refractivity contribution >= 4 is 53.9 Å². The summed E-state index contributed by atoms with van der Waals surface area (Å²) in [5.41, 5.74) is 1.95. The lowest BCUT2D eigenvalue weighted by Crippen LogP contribution is -2.48. The van der Waals surface area contributed by atoms with Crippen LogP contribution in [0.1, 0.15) is 26.2 Å². The van der Waals surface area contributed by atoms with Crippen molar-refractivity contribution in [2.24, 2.45) is 0 Å².